The van der Waals surface area contributed by atoms with Crippen molar-refractivity contribution in [2.24, 2.45) is 0 Å². The van der Waals surface area contributed by atoms with Gasteiger partial charge in [-0.05, 0) is 62.4 Å². The molecule has 2 heterocycles. The van der Waals surface area contributed by atoms with E-state index >= 15 is 0 Å². The minimum Gasteiger partial charge on any atom is -0.467 e. The molecule has 0 saturated carbocycles. The minimum atomic E-state index is -0.286. The molecule has 146 valence electrons. The van der Waals surface area contributed by atoms with E-state index in [-0.39, 0.29) is 18.0 Å². The fourth-order valence-electron chi connectivity index (χ4n) is 2.69. The third-order valence-corrected chi connectivity index (χ3v) is 3.95. The highest BCUT2D eigenvalue weighted by Crippen LogP contribution is 2.17. The molecule has 3 amide bonds. The van der Waals surface area contributed by atoms with Crippen LogP contribution in [0.3, 0.4) is 0 Å². The van der Waals surface area contributed by atoms with Gasteiger partial charge in [0, 0.05) is 17.3 Å². The molecule has 3 aromatic rings. The third-order valence-electron chi connectivity index (χ3n) is 3.95. The molecule has 0 saturated heterocycles. The van der Waals surface area contributed by atoms with E-state index in [1.807, 2.05) is 26.0 Å². The molecule has 0 aliphatic heterocycles. The van der Waals surface area contributed by atoms with Gasteiger partial charge in [-0.25, -0.2) is 4.79 Å². The zero-order valence-electron chi connectivity index (χ0n) is 15.8. The van der Waals surface area contributed by atoms with E-state index in [2.05, 4.69) is 10.6 Å². The first-order valence-corrected chi connectivity index (χ1v) is 9.03. The summed E-state index contributed by atoms with van der Waals surface area (Å²) in [6, 6.07) is 13.7. The average Bonchev–Trinajstić information content (AvgIpc) is 3.34. The van der Waals surface area contributed by atoms with E-state index in [4.69, 9.17) is 8.83 Å². The molecular formula is C21H23N3O4. The first kappa shape index (κ1) is 19.3. The summed E-state index contributed by atoms with van der Waals surface area (Å²) in [6.45, 7) is 4.41. The molecular weight excluding hydrogens is 358 g/mol. The molecule has 0 bridgehead atoms. The number of nitrogens with zero attached hydrogens (tertiary/aromatic N) is 1. The van der Waals surface area contributed by atoms with Crippen molar-refractivity contribution in [1.29, 1.82) is 0 Å². The maximum atomic E-state index is 13.0. The van der Waals surface area contributed by atoms with Crippen LogP contribution in [0.4, 0.5) is 10.5 Å². The van der Waals surface area contributed by atoms with E-state index in [0.717, 1.165) is 0 Å². The van der Waals surface area contributed by atoms with Crippen LogP contribution >= 0.6 is 0 Å². The highest BCUT2D eigenvalue weighted by atomic mass is 16.3. The molecule has 1 aromatic carbocycles. The van der Waals surface area contributed by atoms with E-state index < -0.39 is 0 Å². The van der Waals surface area contributed by atoms with E-state index in [1.54, 1.807) is 53.8 Å². The second-order valence-electron chi connectivity index (χ2n) is 6.65. The van der Waals surface area contributed by atoms with Crippen LogP contribution in [0.2, 0.25) is 0 Å². The predicted molar refractivity (Wildman–Crippen MR) is 105 cm³/mol. The number of anilines is 1. The van der Waals surface area contributed by atoms with Gasteiger partial charge in [0.1, 0.15) is 11.5 Å². The minimum absolute atomic E-state index is 0.0395. The van der Waals surface area contributed by atoms with Crippen molar-refractivity contribution < 1.29 is 18.4 Å². The van der Waals surface area contributed by atoms with Crippen LogP contribution in [0.5, 0.6) is 0 Å². The van der Waals surface area contributed by atoms with Crippen LogP contribution < -0.4 is 10.6 Å². The molecule has 0 unspecified atom stereocenters. The number of amides is 3. The highest BCUT2D eigenvalue weighted by Gasteiger charge is 2.19. The Morgan fingerprint density at radius 2 is 1.50 bits per heavy atom. The first-order chi connectivity index (χ1) is 13.5. The molecule has 0 atom stereocenters. The van der Waals surface area contributed by atoms with Crippen LogP contribution in [-0.4, -0.2) is 22.9 Å². The van der Waals surface area contributed by atoms with Gasteiger partial charge in [-0.15, -0.1) is 0 Å². The van der Waals surface area contributed by atoms with Crippen molar-refractivity contribution >= 4 is 17.6 Å². The van der Waals surface area contributed by atoms with Crippen molar-refractivity contribution in [3.63, 3.8) is 0 Å². The quantitative estimate of drug-likeness (QED) is 0.641. The zero-order chi connectivity index (χ0) is 19.9. The lowest BCUT2D eigenvalue weighted by Gasteiger charge is -2.21. The Bertz CT molecular complexity index is 848. The Morgan fingerprint density at radius 1 is 0.929 bits per heavy atom. The number of nitrogens with one attached hydrogen (secondary N) is 2. The van der Waals surface area contributed by atoms with Gasteiger partial charge in [-0.1, -0.05) is 0 Å². The largest absolute Gasteiger partial charge is 0.467 e. The number of hydrogen-bond acceptors (Lipinski definition) is 4. The maximum absolute atomic E-state index is 13.0. The molecule has 28 heavy (non-hydrogen) atoms. The highest BCUT2D eigenvalue weighted by molar-refractivity contribution is 5.95. The average molecular weight is 381 g/mol. The standard InChI is InChI=1S/C21H23N3O4/c1-15(2)22-21(26)23-17-9-7-16(8-10-17)20(25)24(13-18-5-3-11-27-18)14-19-6-4-12-28-19/h3-12,15H,13-14H2,1-2H3,(H2,22,23,26). The van der Waals surface area contributed by atoms with Crippen molar-refractivity contribution in [2.75, 3.05) is 5.32 Å². The fraction of sp³-hybridized carbons (Fsp3) is 0.238. The van der Waals surface area contributed by atoms with Crippen molar-refractivity contribution in [3.8, 4) is 0 Å². The van der Waals surface area contributed by atoms with Gasteiger partial charge in [0.25, 0.3) is 5.91 Å². The molecule has 7 nitrogen and oxygen atoms in total. The maximum Gasteiger partial charge on any atom is 0.319 e. The Morgan fingerprint density at radius 3 is 1.96 bits per heavy atom. The van der Waals surface area contributed by atoms with E-state index in [1.165, 1.54) is 0 Å². The van der Waals surface area contributed by atoms with E-state index in [0.29, 0.717) is 35.9 Å². The summed E-state index contributed by atoms with van der Waals surface area (Å²) < 4.78 is 10.8. The first-order valence-electron chi connectivity index (χ1n) is 9.03. The second kappa shape index (κ2) is 8.94. The number of carbonyl (C=O) groups is 2. The van der Waals surface area contributed by atoms with Crippen LogP contribution in [0, 0.1) is 0 Å². The fourth-order valence-corrected chi connectivity index (χ4v) is 2.69. The molecule has 0 aliphatic rings. The number of rotatable bonds is 7. The lowest BCUT2D eigenvalue weighted by molar-refractivity contribution is 0.0705. The van der Waals surface area contributed by atoms with Gasteiger partial charge in [0.05, 0.1) is 25.6 Å². The monoisotopic (exact) mass is 381 g/mol. The summed E-state index contributed by atoms with van der Waals surface area (Å²) in [6.07, 6.45) is 3.15. The SMILES string of the molecule is CC(C)NC(=O)Nc1ccc(C(=O)N(Cc2ccco2)Cc2ccco2)cc1. The van der Waals surface area contributed by atoms with Crippen LogP contribution in [0.15, 0.2) is 69.9 Å². The van der Waals surface area contributed by atoms with E-state index in [9.17, 15) is 9.59 Å². The predicted octanol–water partition coefficient (Wildman–Crippen LogP) is 4.25. The summed E-state index contributed by atoms with van der Waals surface area (Å²) in [7, 11) is 0. The van der Waals surface area contributed by atoms with Crippen LogP contribution in [-0.2, 0) is 13.1 Å². The van der Waals surface area contributed by atoms with Gasteiger partial charge in [0.15, 0.2) is 0 Å². The molecule has 2 N–H and O–H groups in total. The van der Waals surface area contributed by atoms with Gasteiger partial charge in [0.2, 0.25) is 0 Å². The van der Waals surface area contributed by atoms with Crippen molar-refractivity contribution in [1.82, 2.24) is 10.2 Å². The lowest BCUT2D eigenvalue weighted by atomic mass is 10.1. The Labute approximate surface area is 163 Å². The Kier molecular flexibility index (Phi) is 6.16. The topological polar surface area (TPSA) is 87.7 Å². The Hall–Kier alpha value is -3.48. The molecule has 0 spiro atoms. The molecule has 0 fully saturated rings. The zero-order valence-corrected chi connectivity index (χ0v) is 15.8. The summed E-state index contributed by atoms with van der Waals surface area (Å²) in [4.78, 5) is 26.5. The Balaban J connectivity index is 1.71. The second-order valence-corrected chi connectivity index (χ2v) is 6.65. The lowest BCUT2D eigenvalue weighted by Crippen LogP contribution is -2.34. The van der Waals surface area contributed by atoms with Gasteiger partial charge < -0.3 is 24.4 Å². The van der Waals surface area contributed by atoms with Crippen LogP contribution in [0.25, 0.3) is 0 Å². The molecule has 0 aliphatic carbocycles. The third kappa shape index (κ3) is 5.26. The molecule has 2 aromatic heterocycles. The smallest absolute Gasteiger partial charge is 0.319 e. The van der Waals surface area contributed by atoms with Gasteiger partial charge >= 0.3 is 6.03 Å². The normalized spacial score (nSPS) is 10.7. The number of urea groups is 1. The van der Waals surface area contributed by atoms with Gasteiger partial charge in [-0.2, -0.15) is 0 Å². The summed E-state index contributed by atoms with van der Waals surface area (Å²) in [5.74, 6) is 1.21. The number of benzene rings is 1. The number of carbonyl (C=O) groups excluding carboxylic acids is 2. The van der Waals surface area contributed by atoms with Crippen molar-refractivity contribution in [2.45, 2.75) is 33.0 Å². The number of hydrogen-bond donors (Lipinski definition) is 2. The molecule has 0 radical (unpaired) electrons. The van der Waals surface area contributed by atoms with Crippen LogP contribution in [0.1, 0.15) is 35.7 Å². The summed E-state index contributed by atoms with van der Waals surface area (Å²) in [5, 5.41) is 5.49. The summed E-state index contributed by atoms with van der Waals surface area (Å²) in [5.41, 5.74) is 1.12. The summed E-state index contributed by atoms with van der Waals surface area (Å²) >= 11 is 0. The van der Waals surface area contributed by atoms with Gasteiger partial charge in [-0.3, -0.25) is 4.79 Å². The molecule has 3 rings (SSSR count). The molecule has 7 heteroatoms. The number of furan rings is 2. The van der Waals surface area contributed by atoms with Crippen molar-refractivity contribution in [3.05, 3.63) is 78.1 Å².